The van der Waals surface area contributed by atoms with Crippen LogP contribution in [0.2, 0.25) is 0 Å². The first kappa shape index (κ1) is 9.30. The van der Waals surface area contributed by atoms with Crippen LogP contribution in [0.1, 0.15) is 19.8 Å². The number of amides is 1. The van der Waals surface area contributed by atoms with Crippen LogP contribution in [0.5, 0.6) is 0 Å². The van der Waals surface area contributed by atoms with Gasteiger partial charge in [0.1, 0.15) is 0 Å². The number of nitrogens with zero attached hydrogens (tertiary/aromatic N) is 1. The molecule has 0 radical (unpaired) electrons. The Morgan fingerprint density at radius 1 is 1.58 bits per heavy atom. The highest BCUT2D eigenvalue weighted by atomic mass is 16.2. The lowest BCUT2D eigenvalue weighted by atomic mass is 9.94. The van der Waals surface area contributed by atoms with Gasteiger partial charge in [0.25, 0.3) is 0 Å². The summed E-state index contributed by atoms with van der Waals surface area (Å²) in [4.78, 5) is 13.0. The summed E-state index contributed by atoms with van der Waals surface area (Å²) in [6.07, 6.45) is 6.15. The van der Waals surface area contributed by atoms with Crippen molar-refractivity contribution in [1.29, 1.82) is 0 Å². The second-order valence-corrected chi connectivity index (χ2v) is 3.80. The molecule has 1 rings (SSSR count). The Balaban J connectivity index is 2.40. The standard InChI is InChI=1S/C10H17NO/c1-8-5-4-6-9(8)7-10(12)11(2)3/h4,6,8-9H,5,7H2,1-3H3/t8-,9-/m0/s1. The monoisotopic (exact) mass is 167 g/mol. The van der Waals surface area contributed by atoms with E-state index in [1.807, 2.05) is 14.1 Å². The van der Waals surface area contributed by atoms with Crippen molar-refractivity contribution in [2.75, 3.05) is 14.1 Å². The maximum atomic E-state index is 11.3. The Morgan fingerprint density at radius 3 is 2.67 bits per heavy atom. The van der Waals surface area contributed by atoms with E-state index in [4.69, 9.17) is 0 Å². The van der Waals surface area contributed by atoms with Crippen molar-refractivity contribution >= 4 is 5.91 Å². The van der Waals surface area contributed by atoms with Gasteiger partial charge >= 0.3 is 0 Å². The van der Waals surface area contributed by atoms with Crippen LogP contribution in [0.25, 0.3) is 0 Å². The topological polar surface area (TPSA) is 20.3 Å². The van der Waals surface area contributed by atoms with E-state index in [1.165, 1.54) is 0 Å². The van der Waals surface area contributed by atoms with Crippen LogP contribution in [0.15, 0.2) is 12.2 Å². The first-order valence-electron chi connectivity index (χ1n) is 4.48. The molecule has 0 saturated heterocycles. The zero-order valence-electron chi connectivity index (χ0n) is 8.08. The second kappa shape index (κ2) is 3.74. The number of carbonyl (C=O) groups is 1. The van der Waals surface area contributed by atoms with Gasteiger partial charge < -0.3 is 4.90 Å². The maximum Gasteiger partial charge on any atom is 0.222 e. The number of carbonyl (C=O) groups excluding carboxylic acids is 1. The third kappa shape index (κ3) is 2.10. The molecule has 0 N–H and O–H groups in total. The van der Waals surface area contributed by atoms with Crippen molar-refractivity contribution in [2.45, 2.75) is 19.8 Å². The zero-order chi connectivity index (χ0) is 9.14. The van der Waals surface area contributed by atoms with Crippen LogP contribution in [0.4, 0.5) is 0 Å². The van der Waals surface area contributed by atoms with E-state index in [-0.39, 0.29) is 5.91 Å². The minimum absolute atomic E-state index is 0.235. The van der Waals surface area contributed by atoms with Crippen LogP contribution in [-0.4, -0.2) is 24.9 Å². The summed E-state index contributed by atoms with van der Waals surface area (Å²) in [5, 5.41) is 0. The number of allylic oxidation sites excluding steroid dienone is 2. The lowest BCUT2D eigenvalue weighted by Gasteiger charge is -2.16. The molecule has 0 fully saturated rings. The van der Waals surface area contributed by atoms with Crippen LogP contribution in [0, 0.1) is 11.8 Å². The molecule has 1 aliphatic carbocycles. The van der Waals surface area contributed by atoms with Crippen LogP contribution >= 0.6 is 0 Å². The van der Waals surface area contributed by atoms with E-state index in [0.29, 0.717) is 18.3 Å². The predicted octanol–water partition coefficient (Wildman–Crippen LogP) is 1.68. The average molecular weight is 167 g/mol. The quantitative estimate of drug-likeness (QED) is 0.573. The summed E-state index contributed by atoms with van der Waals surface area (Å²) in [5.74, 6) is 1.35. The second-order valence-electron chi connectivity index (χ2n) is 3.80. The van der Waals surface area contributed by atoms with Gasteiger partial charge in [0.05, 0.1) is 0 Å². The third-order valence-electron chi connectivity index (χ3n) is 2.53. The molecule has 68 valence electrons. The SMILES string of the molecule is C[C@H]1CC=C[C@H]1CC(=O)N(C)C. The Kier molecular flexibility index (Phi) is 2.90. The summed E-state index contributed by atoms with van der Waals surface area (Å²) in [5.41, 5.74) is 0. The highest BCUT2D eigenvalue weighted by Crippen LogP contribution is 2.27. The molecule has 0 aromatic rings. The summed E-state index contributed by atoms with van der Waals surface area (Å²) in [6, 6.07) is 0. The van der Waals surface area contributed by atoms with E-state index in [2.05, 4.69) is 19.1 Å². The molecule has 0 spiro atoms. The molecule has 0 aliphatic heterocycles. The summed E-state index contributed by atoms with van der Waals surface area (Å²) in [6.45, 7) is 2.20. The molecule has 2 heteroatoms. The van der Waals surface area contributed by atoms with Gasteiger partial charge in [-0.15, -0.1) is 0 Å². The van der Waals surface area contributed by atoms with Crippen LogP contribution in [-0.2, 0) is 4.79 Å². The van der Waals surface area contributed by atoms with Gasteiger partial charge in [-0.3, -0.25) is 4.79 Å². The molecule has 0 heterocycles. The highest BCUT2D eigenvalue weighted by molar-refractivity contribution is 5.76. The highest BCUT2D eigenvalue weighted by Gasteiger charge is 2.21. The van der Waals surface area contributed by atoms with Gasteiger partial charge in [-0.1, -0.05) is 19.1 Å². The third-order valence-corrected chi connectivity index (χ3v) is 2.53. The van der Waals surface area contributed by atoms with Crippen molar-refractivity contribution in [1.82, 2.24) is 4.90 Å². The molecule has 1 aliphatic rings. The smallest absolute Gasteiger partial charge is 0.222 e. The van der Waals surface area contributed by atoms with Gasteiger partial charge in [0.2, 0.25) is 5.91 Å². The summed E-state index contributed by atoms with van der Waals surface area (Å²) in [7, 11) is 3.62. The Hall–Kier alpha value is -0.790. The Morgan fingerprint density at radius 2 is 2.25 bits per heavy atom. The lowest BCUT2D eigenvalue weighted by molar-refractivity contribution is -0.129. The van der Waals surface area contributed by atoms with E-state index in [1.54, 1.807) is 4.90 Å². The van der Waals surface area contributed by atoms with Crippen molar-refractivity contribution in [3.05, 3.63) is 12.2 Å². The van der Waals surface area contributed by atoms with Gasteiger partial charge in [-0.25, -0.2) is 0 Å². The first-order valence-corrected chi connectivity index (χ1v) is 4.48. The van der Waals surface area contributed by atoms with Crippen LogP contribution < -0.4 is 0 Å². The lowest BCUT2D eigenvalue weighted by Crippen LogP contribution is -2.24. The molecule has 0 unspecified atom stereocenters. The summed E-state index contributed by atoms with van der Waals surface area (Å²) < 4.78 is 0. The minimum atomic E-state index is 0.235. The zero-order valence-corrected chi connectivity index (χ0v) is 8.08. The molecule has 1 amide bonds. The minimum Gasteiger partial charge on any atom is -0.349 e. The Labute approximate surface area is 74.2 Å². The molecule has 0 saturated carbocycles. The van der Waals surface area contributed by atoms with E-state index in [0.717, 1.165) is 6.42 Å². The molecule has 0 aromatic carbocycles. The molecule has 2 nitrogen and oxygen atoms in total. The average Bonchev–Trinajstić information content (AvgIpc) is 2.36. The summed E-state index contributed by atoms with van der Waals surface area (Å²) >= 11 is 0. The Bertz CT molecular complexity index is 196. The number of hydrogen-bond donors (Lipinski definition) is 0. The van der Waals surface area contributed by atoms with Crippen molar-refractivity contribution in [3.63, 3.8) is 0 Å². The largest absolute Gasteiger partial charge is 0.349 e. The van der Waals surface area contributed by atoms with E-state index in [9.17, 15) is 4.79 Å². The molecule has 12 heavy (non-hydrogen) atoms. The molecular formula is C10H17NO. The maximum absolute atomic E-state index is 11.3. The van der Waals surface area contributed by atoms with Gasteiger partial charge in [-0.2, -0.15) is 0 Å². The predicted molar refractivity (Wildman–Crippen MR) is 49.7 cm³/mol. The number of rotatable bonds is 2. The van der Waals surface area contributed by atoms with Gasteiger partial charge in [0, 0.05) is 20.5 Å². The van der Waals surface area contributed by atoms with E-state index < -0.39 is 0 Å². The fraction of sp³-hybridized carbons (Fsp3) is 0.700. The van der Waals surface area contributed by atoms with Crippen LogP contribution in [0.3, 0.4) is 0 Å². The van der Waals surface area contributed by atoms with Crippen molar-refractivity contribution in [3.8, 4) is 0 Å². The first-order chi connectivity index (χ1) is 5.61. The molecular weight excluding hydrogens is 150 g/mol. The van der Waals surface area contributed by atoms with Crippen molar-refractivity contribution in [2.24, 2.45) is 11.8 Å². The molecule has 2 atom stereocenters. The fourth-order valence-electron chi connectivity index (χ4n) is 1.49. The van der Waals surface area contributed by atoms with E-state index >= 15 is 0 Å². The van der Waals surface area contributed by atoms with Gasteiger partial charge in [-0.05, 0) is 18.3 Å². The number of hydrogen-bond acceptors (Lipinski definition) is 1. The van der Waals surface area contributed by atoms with Crippen molar-refractivity contribution < 1.29 is 4.79 Å². The molecule has 0 aromatic heterocycles. The fourth-order valence-corrected chi connectivity index (χ4v) is 1.49. The van der Waals surface area contributed by atoms with Gasteiger partial charge in [0.15, 0.2) is 0 Å². The normalized spacial score (nSPS) is 27.6. The molecule has 0 bridgehead atoms.